The summed E-state index contributed by atoms with van der Waals surface area (Å²) in [7, 11) is 1.43. The molecule has 1 aliphatic rings. The van der Waals surface area contributed by atoms with E-state index in [0.717, 1.165) is 6.07 Å². The van der Waals surface area contributed by atoms with E-state index in [1.165, 1.54) is 23.8 Å². The lowest BCUT2D eigenvalue weighted by Gasteiger charge is -2.35. The number of nitrogens with zero attached hydrogens (tertiary/aromatic N) is 5. The fourth-order valence-corrected chi connectivity index (χ4v) is 4.37. The lowest BCUT2D eigenvalue weighted by molar-refractivity contribution is -0.276. The number of rotatable bonds is 5. The third-order valence-corrected chi connectivity index (χ3v) is 5.73. The standard InChI is InChI=1S/C20H19ClF5N5O2/c1-9-14(10(2)28-18(27-9)32-3)31-13(21)7-8-30-15-11(5-4-6-12(15)29-19(30)31)16(20(24,25)26)33-17(22)23/h4-6,13,16-17H,7-8H2,1-3H3. The lowest BCUT2D eigenvalue weighted by Crippen LogP contribution is -2.36. The topological polar surface area (TPSA) is 65.3 Å². The molecule has 0 saturated heterocycles. The molecule has 0 amide bonds. The number of aryl methyl sites for hydroxylation is 3. The number of fused-ring (bicyclic) bond motifs is 3. The van der Waals surface area contributed by atoms with Crippen LogP contribution in [0.15, 0.2) is 18.2 Å². The summed E-state index contributed by atoms with van der Waals surface area (Å²) in [6, 6.07) is 4.10. The Bertz CT molecular complexity index is 1160. The maximum absolute atomic E-state index is 13.7. The van der Waals surface area contributed by atoms with E-state index in [1.54, 1.807) is 18.7 Å². The van der Waals surface area contributed by atoms with Gasteiger partial charge in [0.2, 0.25) is 5.95 Å². The van der Waals surface area contributed by atoms with Crippen molar-refractivity contribution in [3.8, 4) is 6.01 Å². The number of anilines is 2. The number of hydrogen-bond donors (Lipinski definition) is 0. The van der Waals surface area contributed by atoms with Crippen LogP contribution in [-0.2, 0) is 11.3 Å². The van der Waals surface area contributed by atoms with E-state index < -0.39 is 30.0 Å². The molecule has 0 fully saturated rings. The third kappa shape index (κ3) is 4.17. The number of methoxy groups -OCH3 is 1. The molecule has 33 heavy (non-hydrogen) atoms. The van der Waals surface area contributed by atoms with E-state index >= 15 is 0 Å². The maximum Gasteiger partial charge on any atom is 0.419 e. The summed E-state index contributed by atoms with van der Waals surface area (Å²) in [5.74, 6) is 0.252. The average molecular weight is 492 g/mol. The van der Waals surface area contributed by atoms with Gasteiger partial charge in [-0.2, -0.15) is 31.9 Å². The first kappa shape index (κ1) is 23.4. The minimum Gasteiger partial charge on any atom is -0.467 e. The highest BCUT2D eigenvalue weighted by molar-refractivity contribution is 6.22. The van der Waals surface area contributed by atoms with Gasteiger partial charge in [-0.25, -0.2) is 4.98 Å². The van der Waals surface area contributed by atoms with Crippen molar-refractivity contribution in [2.45, 2.75) is 51.2 Å². The molecule has 0 bridgehead atoms. The summed E-state index contributed by atoms with van der Waals surface area (Å²) in [6.45, 7) is 0.0571. The molecule has 0 saturated carbocycles. The minimum atomic E-state index is -5.06. The molecule has 178 valence electrons. The largest absolute Gasteiger partial charge is 0.467 e. The van der Waals surface area contributed by atoms with Gasteiger partial charge in [-0.3, -0.25) is 4.90 Å². The van der Waals surface area contributed by atoms with Gasteiger partial charge in [0, 0.05) is 18.5 Å². The lowest BCUT2D eigenvalue weighted by atomic mass is 10.1. The molecule has 1 aromatic carbocycles. The fourth-order valence-electron chi connectivity index (χ4n) is 4.09. The Morgan fingerprint density at radius 1 is 1.12 bits per heavy atom. The summed E-state index contributed by atoms with van der Waals surface area (Å²) >= 11 is 6.62. The molecule has 3 aromatic rings. The number of halogens is 6. The van der Waals surface area contributed by atoms with Crippen molar-refractivity contribution in [2.24, 2.45) is 0 Å². The first-order valence-corrected chi connectivity index (χ1v) is 10.3. The second kappa shape index (κ2) is 8.56. The van der Waals surface area contributed by atoms with Crippen LogP contribution in [0.2, 0.25) is 0 Å². The van der Waals surface area contributed by atoms with Crippen LogP contribution in [0.25, 0.3) is 11.0 Å². The number of para-hydroxylation sites is 1. The maximum atomic E-state index is 13.7. The van der Waals surface area contributed by atoms with E-state index in [0.29, 0.717) is 23.5 Å². The second-order valence-electron chi connectivity index (χ2n) is 7.42. The third-order valence-electron chi connectivity index (χ3n) is 5.32. The first-order chi connectivity index (χ1) is 15.5. The number of imidazole rings is 1. The van der Waals surface area contributed by atoms with Crippen LogP contribution in [-0.4, -0.2) is 44.9 Å². The van der Waals surface area contributed by atoms with Crippen molar-refractivity contribution in [2.75, 3.05) is 12.0 Å². The first-order valence-electron chi connectivity index (χ1n) is 9.85. The van der Waals surface area contributed by atoms with Crippen LogP contribution >= 0.6 is 11.6 Å². The Kier molecular flexibility index (Phi) is 6.08. The smallest absolute Gasteiger partial charge is 0.419 e. The van der Waals surface area contributed by atoms with Gasteiger partial charge in [0.1, 0.15) is 5.50 Å². The number of ether oxygens (including phenoxy) is 2. The zero-order valence-electron chi connectivity index (χ0n) is 17.7. The van der Waals surface area contributed by atoms with Crippen molar-refractivity contribution in [1.82, 2.24) is 19.5 Å². The quantitative estimate of drug-likeness (QED) is 0.270. The van der Waals surface area contributed by atoms with Gasteiger partial charge in [-0.05, 0) is 19.9 Å². The molecule has 0 spiro atoms. The summed E-state index contributed by atoms with van der Waals surface area (Å²) in [5.41, 5.74) is 0.780. The molecule has 0 radical (unpaired) electrons. The number of alkyl halides is 6. The van der Waals surface area contributed by atoms with Crippen LogP contribution in [0.1, 0.15) is 29.5 Å². The van der Waals surface area contributed by atoms with E-state index in [4.69, 9.17) is 16.3 Å². The Balaban J connectivity index is 1.93. The van der Waals surface area contributed by atoms with Crippen molar-refractivity contribution < 1.29 is 31.4 Å². The number of benzene rings is 1. The molecule has 7 nitrogen and oxygen atoms in total. The van der Waals surface area contributed by atoms with Gasteiger partial charge in [0.05, 0.1) is 35.2 Å². The van der Waals surface area contributed by atoms with Crippen molar-refractivity contribution in [1.29, 1.82) is 0 Å². The summed E-state index contributed by atoms with van der Waals surface area (Å²) in [4.78, 5) is 14.7. The Morgan fingerprint density at radius 2 is 1.79 bits per heavy atom. The second-order valence-corrected chi connectivity index (χ2v) is 7.92. The predicted molar refractivity (Wildman–Crippen MR) is 110 cm³/mol. The molecule has 1 aliphatic heterocycles. The van der Waals surface area contributed by atoms with Crippen LogP contribution in [0.3, 0.4) is 0 Å². The van der Waals surface area contributed by atoms with Crippen LogP contribution in [0, 0.1) is 13.8 Å². The highest BCUT2D eigenvalue weighted by atomic mass is 35.5. The van der Waals surface area contributed by atoms with Crippen LogP contribution in [0.4, 0.5) is 33.6 Å². The molecule has 4 rings (SSSR count). The molecule has 13 heteroatoms. The summed E-state index contributed by atoms with van der Waals surface area (Å²) < 4.78 is 77.3. The minimum absolute atomic E-state index is 0.0498. The van der Waals surface area contributed by atoms with E-state index in [-0.39, 0.29) is 29.5 Å². The SMILES string of the molecule is COc1nc(C)c(N2c3nc4cccc(C(OC(F)F)C(F)(F)F)c4n3CCC2Cl)c(C)n1. The van der Waals surface area contributed by atoms with Crippen LogP contribution in [0.5, 0.6) is 6.01 Å². The molecule has 2 aromatic heterocycles. The van der Waals surface area contributed by atoms with Crippen LogP contribution < -0.4 is 9.64 Å². The number of hydrogen-bond acceptors (Lipinski definition) is 6. The molecule has 3 heterocycles. The van der Waals surface area contributed by atoms with E-state index in [9.17, 15) is 22.0 Å². The highest BCUT2D eigenvalue weighted by Gasteiger charge is 2.45. The summed E-state index contributed by atoms with van der Waals surface area (Å²) in [6.07, 6.45) is -7.54. The van der Waals surface area contributed by atoms with E-state index in [1.807, 2.05) is 0 Å². The molecular weight excluding hydrogens is 473 g/mol. The molecule has 0 aliphatic carbocycles. The van der Waals surface area contributed by atoms with Gasteiger partial charge >= 0.3 is 18.8 Å². The van der Waals surface area contributed by atoms with E-state index in [2.05, 4.69) is 19.7 Å². The van der Waals surface area contributed by atoms with Gasteiger partial charge in [0.15, 0.2) is 6.10 Å². The average Bonchev–Trinajstić information content (AvgIpc) is 3.11. The molecule has 2 unspecified atom stereocenters. The number of aromatic nitrogens is 4. The van der Waals surface area contributed by atoms with Gasteiger partial charge in [-0.1, -0.05) is 23.7 Å². The fraction of sp³-hybridized carbons (Fsp3) is 0.450. The molecule has 2 atom stereocenters. The van der Waals surface area contributed by atoms with Crippen molar-refractivity contribution in [3.05, 3.63) is 35.2 Å². The zero-order valence-corrected chi connectivity index (χ0v) is 18.5. The Hall–Kier alpha value is -2.73. The predicted octanol–water partition coefficient (Wildman–Crippen LogP) is 5.40. The zero-order chi connectivity index (χ0) is 24.1. The normalized spacial score (nSPS) is 17.5. The van der Waals surface area contributed by atoms with Gasteiger partial charge in [-0.15, -0.1) is 0 Å². The Morgan fingerprint density at radius 3 is 2.36 bits per heavy atom. The summed E-state index contributed by atoms with van der Waals surface area (Å²) in [5, 5.41) is 0. The Labute approximate surface area is 190 Å². The monoisotopic (exact) mass is 491 g/mol. The van der Waals surface area contributed by atoms with Crippen molar-refractivity contribution >= 4 is 34.3 Å². The molecular formula is C20H19ClF5N5O2. The van der Waals surface area contributed by atoms with Gasteiger partial charge < -0.3 is 14.0 Å². The van der Waals surface area contributed by atoms with Crippen molar-refractivity contribution in [3.63, 3.8) is 0 Å². The highest BCUT2D eigenvalue weighted by Crippen LogP contribution is 2.44. The molecule has 0 N–H and O–H groups in total. The van der Waals surface area contributed by atoms with Gasteiger partial charge in [0.25, 0.3) is 0 Å².